The van der Waals surface area contributed by atoms with Crippen LogP contribution in [0.5, 0.6) is 0 Å². The van der Waals surface area contributed by atoms with E-state index in [2.05, 4.69) is 25.5 Å². The minimum atomic E-state index is -0.417. The molecule has 5 rings (SSSR count). The third-order valence-electron chi connectivity index (χ3n) is 4.93. The van der Waals surface area contributed by atoms with E-state index in [1.807, 2.05) is 0 Å². The molecule has 0 fully saturated rings. The van der Waals surface area contributed by atoms with E-state index in [9.17, 15) is 14.0 Å². The highest BCUT2D eigenvalue weighted by molar-refractivity contribution is 6.08. The molecule has 0 aliphatic rings. The number of nitrogens with one attached hydrogen (secondary N) is 3. The van der Waals surface area contributed by atoms with Crippen molar-refractivity contribution >= 4 is 11.6 Å². The second-order valence-electron chi connectivity index (χ2n) is 7.14. The third kappa shape index (κ3) is 4.19. The lowest BCUT2D eigenvalue weighted by molar-refractivity contribution is 0.102. The predicted molar refractivity (Wildman–Crippen MR) is 120 cm³/mol. The Kier molecular flexibility index (Phi) is 5.12. The Morgan fingerprint density at radius 3 is 2.58 bits per heavy atom. The molecular weight excluding hydrogens is 425 g/mol. The highest BCUT2D eigenvalue weighted by Gasteiger charge is 2.17. The van der Waals surface area contributed by atoms with Crippen molar-refractivity contribution in [3.8, 4) is 34.2 Å². The molecule has 0 unspecified atom stereocenters. The van der Waals surface area contributed by atoms with Gasteiger partial charge in [-0.15, -0.1) is 0 Å². The Balaban J connectivity index is 1.42. The van der Waals surface area contributed by atoms with Gasteiger partial charge in [-0.2, -0.15) is 5.10 Å². The Hall–Kier alpha value is -4.79. The lowest BCUT2D eigenvalue weighted by Gasteiger charge is -2.09. The van der Waals surface area contributed by atoms with Gasteiger partial charge in [0, 0.05) is 22.4 Å². The maximum Gasteiger partial charge on any atom is 0.340 e. The zero-order chi connectivity index (χ0) is 22.8. The summed E-state index contributed by atoms with van der Waals surface area (Å²) in [5.41, 5.74) is 2.29. The van der Waals surface area contributed by atoms with Crippen LogP contribution in [0.25, 0.3) is 34.2 Å². The number of amides is 1. The summed E-state index contributed by atoms with van der Waals surface area (Å²) in [6, 6.07) is 19.7. The van der Waals surface area contributed by atoms with Gasteiger partial charge in [0.15, 0.2) is 11.6 Å². The highest BCUT2D eigenvalue weighted by atomic mass is 19.1. The van der Waals surface area contributed by atoms with Crippen molar-refractivity contribution in [3.05, 3.63) is 101 Å². The van der Waals surface area contributed by atoms with E-state index in [0.717, 1.165) is 0 Å². The van der Waals surface area contributed by atoms with Gasteiger partial charge in [0.25, 0.3) is 5.91 Å². The number of carbonyl (C=O) groups is 1. The number of anilines is 1. The summed E-state index contributed by atoms with van der Waals surface area (Å²) >= 11 is 0. The molecule has 3 aromatic carbocycles. The topological polar surface area (TPSA) is 117 Å². The molecule has 1 amide bonds. The standard InChI is InChI=1S/C24H16FN5O3/c25-16-10-8-14(9-11-16)20-13-26-23(33-20)19-7-2-1-6-18(19)22(31)27-17-5-3-4-15(12-17)21-28-24(32)30-29-21/h1-13H,(H,27,31)(H2,28,29,30,32). The number of hydrogen-bond donors (Lipinski definition) is 3. The van der Waals surface area contributed by atoms with Gasteiger partial charge in [-0.25, -0.2) is 19.3 Å². The van der Waals surface area contributed by atoms with Gasteiger partial charge in [-0.3, -0.25) is 9.78 Å². The Labute approximate surface area is 186 Å². The number of carbonyl (C=O) groups excluding carboxylic acids is 1. The maximum absolute atomic E-state index is 13.2. The molecular formula is C24H16FN5O3. The average Bonchev–Trinajstić information content (AvgIpc) is 3.49. The summed E-state index contributed by atoms with van der Waals surface area (Å²) in [5, 5.41) is 9.06. The summed E-state index contributed by atoms with van der Waals surface area (Å²) in [4.78, 5) is 31.3. The number of hydrogen-bond acceptors (Lipinski definition) is 5. The molecule has 5 aromatic rings. The number of aromatic nitrogens is 4. The number of H-pyrrole nitrogens is 2. The Bertz CT molecular complexity index is 1500. The average molecular weight is 441 g/mol. The fourth-order valence-corrected chi connectivity index (χ4v) is 3.36. The van der Waals surface area contributed by atoms with E-state index in [0.29, 0.717) is 39.5 Å². The molecule has 33 heavy (non-hydrogen) atoms. The summed E-state index contributed by atoms with van der Waals surface area (Å²) in [6.45, 7) is 0. The molecule has 2 aromatic heterocycles. The minimum absolute atomic E-state index is 0.267. The SMILES string of the molecule is O=C(Nc1cccc(-c2n[nH]c(=O)[nH]2)c1)c1ccccc1-c1ncc(-c2ccc(F)cc2)o1. The van der Waals surface area contributed by atoms with E-state index in [1.165, 1.54) is 18.3 Å². The van der Waals surface area contributed by atoms with Gasteiger partial charge in [0.05, 0.1) is 11.8 Å². The first-order valence-electron chi connectivity index (χ1n) is 9.94. The zero-order valence-corrected chi connectivity index (χ0v) is 17.0. The van der Waals surface area contributed by atoms with E-state index >= 15 is 0 Å². The first-order chi connectivity index (χ1) is 16.1. The van der Waals surface area contributed by atoms with E-state index in [-0.39, 0.29) is 17.6 Å². The highest BCUT2D eigenvalue weighted by Crippen LogP contribution is 2.29. The molecule has 2 heterocycles. The van der Waals surface area contributed by atoms with Gasteiger partial charge in [0.2, 0.25) is 5.89 Å². The number of oxazole rings is 1. The van der Waals surface area contributed by atoms with Gasteiger partial charge in [-0.05, 0) is 48.5 Å². The molecule has 0 radical (unpaired) electrons. The van der Waals surface area contributed by atoms with Crippen LogP contribution < -0.4 is 11.0 Å². The van der Waals surface area contributed by atoms with Crippen LogP contribution in [0.4, 0.5) is 10.1 Å². The van der Waals surface area contributed by atoms with Crippen molar-refractivity contribution < 1.29 is 13.6 Å². The fourth-order valence-electron chi connectivity index (χ4n) is 3.36. The largest absolute Gasteiger partial charge is 0.436 e. The summed E-state index contributed by atoms with van der Waals surface area (Å²) in [6.07, 6.45) is 1.53. The summed E-state index contributed by atoms with van der Waals surface area (Å²) in [5.74, 6) is 0.386. The van der Waals surface area contributed by atoms with Crippen molar-refractivity contribution in [2.24, 2.45) is 0 Å². The molecule has 9 heteroatoms. The van der Waals surface area contributed by atoms with Crippen molar-refractivity contribution in [3.63, 3.8) is 0 Å². The normalized spacial score (nSPS) is 10.8. The van der Waals surface area contributed by atoms with Crippen molar-refractivity contribution in [1.29, 1.82) is 0 Å². The molecule has 0 atom stereocenters. The monoisotopic (exact) mass is 441 g/mol. The van der Waals surface area contributed by atoms with Crippen LogP contribution in [-0.2, 0) is 0 Å². The smallest absolute Gasteiger partial charge is 0.340 e. The molecule has 8 nitrogen and oxygen atoms in total. The summed E-state index contributed by atoms with van der Waals surface area (Å²) in [7, 11) is 0. The zero-order valence-electron chi connectivity index (χ0n) is 17.0. The van der Waals surface area contributed by atoms with Gasteiger partial charge in [0.1, 0.15) is 5.82 Å². The van der Waals surface area contributed by atoms with Gasteiger partial charge in [-0.1, -0.05) is 24.3 Å². The molecule has 0 bridgehead atoms. The fraction of sp³-hybridized carbons (Fsp3) is 0. The number of rotatable bonds is 5. The van der Waals surface area contributed by atoms with Crippen LogP contribution in [0.1, 0.15) is 10.4 Å². The molecule has 0 saturated heterocycles. The molecule has 0 saturated carbocycles. The Morgan fingerprint density at radius 1 is 0.970 bits per heavy atom. The van der Waals surface area contributed by atoms with Crippen LogP contribution >= 0.6 is 0 Å². The van der Waals surface area contributed by atoms with Gasteiger partial charge >= 0.3 is 5.69 Å². The van der Waals surface area contributed by atoms with Crippen LogP contribution in [0, 0.1) is 5.82 Å². The lowest BCUT2D eigenvalue weighted by atomic mass is 10.1. The van der Waals surface area contributed by atoms with Crippen molar-refractivity contribution in [1.82, 2.24) is 20.2 Å². The Morgan fingerprint density at radius 2 is 1.79 bits per heavy atom. The lowest BCUT2D eigenvalue weighted by Crippen LogP contribution is -2.13. The van der Waals surface area contributed by atoms with Crippen LogP contribution in [-0.4, -0.2) is 26.1 Å². The van der Waals surface area contributed by atoms with Gasteiger partial charge < -0.3 is 9.73 Å². The molecule has 162 valence electrons. The second-order valence-corrected chi connectivity index (χ2v) is 7.14. The molecule has 3 N–H and O–H groups in total. The number of nitrogens with zero attached hydrogens (tertiary/aromatic N) is 2. The number of halogens is 1. The first-order valence-corrected chi connectivity index (χ1v) is 9.94. The maximum atomic E-state index is 13.2. The number of aromatic amines is 2. The summed E-state index contributed by atoms with van der Waals surface area (Å²) < 4.78 is 19.1. The van der Waals surface area contributed by atoms with Crippen LogP contribution in [0.15, 0.2) is 88.2 Å². The first kappa shape index (κ1) is 20.1. The van der Waals surface area contributed by atoms with Crippen molar-refractivity contribution in [2.75, 3.05) is 5.32 Å². The van der Waals surface area contributed by atoms with Crippen LogP contribution in [0.3, 0.4) is 0 Å². The van der Waals surface area contributed by atoms with E-state index < -0.39 is 5.69 Å². The van der Waals surface area contributed by atoms with Crippen molar-refractivity contribution in [2.45, 2.75) is 0 Å². The number of benzene rings is 3. The second kappa shape index (κ2) is 8.39. The minimum Gasteiger partial charge on any atom is -0.436 e. The third-order valence-corrected chi connectivity index (χ3v) is 4.93. The predicted octanol–water partition coefficient (Wildman–Crippen LogP) is 4.48. The van der Waals surface area contributed by atoms with E-state index in [4.69, 9.17) is 4.42 Å². The molecule has 0 spiro atoms. The van der Waals surface area contributed by atoms with Crippen LogP contribution in [0.2, 0.25) is 0 Å². The molecule has 0 aliphatic carbocycles. The quantitative estimate of drug-likeness (QED) is 0.372. The van der Waals surface area contributed by atoms with E-state index in [1.54, 1.807) is 60.7 Å². The molecule has 0 aliphatic heterocycles.